The summed E-state index contributed by atoms with van der Waals surface area (Å²) >= 11 is 0. The molecule has 2 heterocycles. The monoisotopic (exact) mass is 395 g/mol. The van der Waals surface area contributed by atoms with Crippen LogP contribution in [-0.2, 0) is 11.3 Å². The number of phenolic OH excluding ortho intramolecular Hbond substituents is 1. The van der Waals surface area contributed by atoms with E-state index < -0.39 is 17.6 Å². The first-order chi connectivity index (χ1) is 14.0. The second kappa shape index (κ2) is 7.60. The van der Waals surface area contributed by atoms with Gasteiger partial charge in [-0.2, -0.15) is 0 Å². The first kappa shape index (κ1) is 19.0. The molecule has 0 saturated carbocycles. The predicted molar refractivity (Wildman–Crippen MR) is 107 cm³/mol. The molecular weight excluding hydrogens is 374 g/mol. The topological polar surface area (TPSA) is 100 Å². The number of aromatic hydroxyl groups is 1. The van der Waals surface area contributed by atoms with Gasteiger partial charge in [-0.1, -0.05) is 12.1 Å². The van der Waals surface area contributed by atoms with Gasteiger partial charge in [0.15, 0.2) is 0 Å². The Morgan fingerprint density at radius 1 is 1.28 bits per heavy atom. The number of aliphatic carboxylic acids is 1. The summed E-state index contributed by atoms with van der Waals surface area (Å²) in [6, 6.07) is 11.5. The van der Waals surface area contributed by atoms with Gasteiger partial charge in [-0.25, -0.2) is 4.79 Å². The standard InChI is InChI=1S/C22H21NO6/c1-28-15-5-2-4-13(10-15)16-11-14-7-8-19(24)17(20(14)29-22(16)27)12-23-9-3-6-18(23)21(25)26/h2,4-5,7-8,10-11,18,24H,3,6,9,12H2,1H3,(H,25,26)/t18-/m0/s1. The summed E-state index contributed by atoms with van der Waals surface area (Å²) in [5.74, 6) is -0.281. The third-order valence-corrected chi connectivity index (χ3v) is 5.37. The van der Waals surface area contributed by atoms with Crippen LogP contribution in [-0.4, -0.2) is 40.8 Å². The maximum Gasteiger partial charge on any atom is 0.344 e. The van der Waals surface area contributed by atoms with Crippen molar-refractivity contribution in [1.82, 2.24) is 4.90 Å². The molecule has 0 unspecified atom stereocenters. The van der Waals surface area contributed by atoms with Crippen LogP contribution in [0.4, 0.5) is 0 Å². The SMILES string of the molecule is COc1cccc(-c2cc3ccc(O)c(CN4CCC[C@H]4C(=O)O)c3oc2=O)c1. The average Bonchev–Trinajstić information content (AvgIpc) is 3.18. The van der Waals surface area contributed by atoms with E-state index in [0.717, 1.165) is 6.42 Å². The van der Waals surface area contributed by atoms with Crippen molar-refractivity contribution in [1.29, 1.82) is 0 Å². The van der Waals surface area contributed by atoms with Crippen molar-refractivity contribution in [3.05, 3.63) is 58.4 Å². The number of hydrogen-bond acceptors (Lipinski definition) is 6. The van der Waals surface area contributed by atoms with Crippen LogP contribution in [0, 0.1) is 0 Å². The lowest BCUT2D eigenvalue weighted by Crippen LogP contribution is -2.35. The van der Waals surface area contributed by atoms with Gasteiger partial charge in [-0.15, -0.1) is 0 Å². The minimum Gasteiger partial charge on any atom is -0.507 e. The van der Waals surface area contributed by atoms with E-state index in [0.29, 0.717) is 40.8 Å². The van der Waals surface area contributed by atoms with Crippen LogP contribution < -0.4 is 10.4 Å². The molecule has 7 nitrogen and oxygen atoms in total. The maximum absolute atomic E-state index is 12.7. The van der Waals surface area contributed by atoms with Crippen LogP contribution in [0.15, 0.2) is 51.7 Å². The van der Waals surface area contributed by atoms with Gasteiger partial charge in [0.25, 0.3) is 0 Å². The number of ether oxygens (including phenoxy) is 1. The molecule has 1 fully saturated rings. The molecule has 3 aromatic rings. The first-order valence-corrected chi connectivity index (χ1v) is 9.38. The molecule has 0 aliphatic carbocycles. The Balaban J connectivity index is 1.79. The number of carboxylic acids is 1. The normalized spacial score (nSPS) is 16.9. The fourth-order valence-electron chi connectivity index (χ4n) is 3.87. The third-order valence-electron chi connectivity index (χ3n) is 5.37. The molecule has 4 rings (SSSR count). The molecule has 0 spiro atoms. The molecule has 29 heavy (non-hydrogen) atoms. The van der Waals surface area contributed by atoms with Crippen molar-refractivity contribution < 1.29 is 24.2 Å². The van der Waals surface area contributed by atoms with Gasteiger partial charge in [0.05, 0.1) is 18.2 Å². The zero-order valence-corrected chi connectivity index (χ0v) is 15.9. The summed E-state index contributed by atoms with van der Waals surface area (Å²) in [4.78, 5) is 26.0. The lowest BCUT2D eigenvalue weighted by Gasteiger charge is -2.22. The number of likely N-dealkylation sites (tertiary alicyclic amines) is 1. The van der Waals surface area contributed by atoms with Crippen molar-refractivity contribution in [2.24, 2.45) is 0 Å². The smallest absolute Gasteiger partial charge is 0.344 e. The van der Waals surface area contributed by atoms with E-state index in [9.17, 15) is 19.8 Å². The molecule has 1 aliphatic rings. The lowest BCUT2D eigenvalue weighted by atomic mass is 10.0. The Labute approximate surface area is 166 Å². The highest BCUT2D eigenvalue weighted by Crippen LogP contribution is 2.32. The fourth-order valence-corrected chi connectivity index (χ4v) is 3.87. The Morgan fingerprint density at radius 2 is 2.10 bits per heavy atom. The number of carbonyl (C=O) groups is 1. The van der Waals surface area contributed by atoms with E-state index in [-0.39, 0.29) is 17.9 Å². The number of methoxy groups -OCH3 is 1. The van der Waals surface area contributed by atoms with Crippen molar-refractivity contribution in [3.63, 3.8) is 0 Å². The van der Waals surface area contributed by atoms with Crippen molar-refractivity contribution in [2.75, 3.05) is 13.7 Å². The molecular formula is C22H21NO6. The van der Waals surface area contributed by atoms with E-state index in [4.69, 9.17) is 9.15 Å². The maximum atomic E-state index is 12.7. The first-order valence-electron chi connectivity index (χ1n) is 9.38. The van der Waals surface area contributed by atoms with Crippen LogP contribution in [0.25, 0.3) is 22.1 Å². The molecule has 0 amide bonds. The summed E-state index contributed by atoms with van der Waals surface area (Å²) in [6.45, 7) is 0.806. The van der Waals surface area contributed by atoms with Gasteiger partial charge < -0.3 is 19.4 Å². The van der Waals surface area contributed by atoms with E-state index in [2.05, 4.69) is 0 Å². The van der Waals surface area contributed by atoms with Crippen LogP contribution in [0.1, 0.15) is 18.4 Å². The Bertz CT molecular complexity index is 1140. The van der Waals surface area contributed by atoms with Crippen LogP contribution >= 0.6 is 0 Å². The minimum atomic E-state index is -0.885. The van der Waals surface area contributed by atoms with Gasteiger partial charge in [-0.3, -0.25) is 9.69 Å². The van der Waals surface area contributed by atoms with Crippen LogP contribution in [0.2, 0.25) is 0 Å². The van der Waals surface area contributed by atoms with Crippen molar-refractivity contribution >= 4 is 16.9 Å². The molecule has 7 heteroatoms. The quantitative estimate of drug-likeness (QED) is 0.640. The Morgan fingerprint density at radius 3 is 2.86 bits per heavy atom. The van der Waals surface area contributed by atoms with E-state index in [1.807, 2.05) is 0 Å². The molecule has 1 atom stereocenters. The van der Waals surface area contributed by atoms with Gasteiger partial charge >= 0.3 is 11.6 Å². The molecule has 0 bridgehead atoms. The molecule has 2 aromatic carbocycles. The zero-order chi connectivity index (χ0) is 20.5. The minimum absolute atomic E-state index is 0.0224. The molecule has 1 aromatic heterocycles. The Kier molecular flexibility index (Phi) is 4.98. The zero-order valence-electron chi connectivity index (χ0n) is 15.9. The van der Waals surface area contributed by atoms with Crippen LogP contribution in [0.5, 0.6) is 11.5 Å². The van der Waals surface area contributed by atoms with Gasteiger partial charge in [0.2, 0.25) is 0 Å². The highest BCUT2D eigenvalue weighted by molar-refractivity contribution is 5.86. The highest BCUT2D eigenvalue weighted by atomic mass is 16.5. The summed E-state index contributed by atoms with van der Waals surface area (Å²) in [5.41, 5.74) is 1.22. The average molecular weight is 395 g/mol. The van der Waals surface area contributed by atoms with Crippen LogP contribution in [0.3, 0.4) is 0 Å². The number of phenols is 1. The number of hydrogen-bond donors (Lipinski definition) is 2. The lowest BCUT2D eigenvalue weighted by molar-refractivity contribution is -0.142. The summed E-state index contributed by atoms with van der Waals surface area (Å²) < 4.78 is 10.8. The van der Waals surface area contributed by atoms with Gasteiger partial charge in [0, 0.05) is 11.9 Å². The molecule has 150 valence electrons. The predicted octanol–water partition coefficient (Wildman–Crippen LogP) is 3.22. The number of carboxylic acid groups (broad SMARTS) is 1. The molecule has 1 aliphatic heterocycles. The Hall–Kier alpha value is -3.32. The third kappa shape index (κ3) is 3.56. The fraction of sp³-hybridized carbons (Fsp3) is 0.273. The van der Waals surface area contributed by atoms with E-state index >= 15 is 0 Å². The second-order valence-electron chi connectivity index (χ2n) is 7.13. The number of nitrogens with zero attached hydrogens (tertiary/aromatic N) is 1. The van der Waals surface area contributed by atoms with Gasteiger partial charge in [-0.05, 0) is 55.3 Å². The largest absolute Gasteiger partial charge is 0.507 e. The second-order valence-corrected chi connectivity index (χ2v) is 7.13. The molecule has 1 saturated heterocycles. The number of benzene rings is 2. The van der Waals surface area contributed by atoms with E-state index in [1.165, 1.54) is 0 Å². The molecule has 2 N–H and O–H groups in total. The highest BCUT2D eigenvalue weighted by Gasteiger charge is 2.31. The number of fused-ring (bicyclic) bond motifs is 1. The summed E-state index contributed by atoms with van der Waals surface area (Å²) in [6.07, 6.45) is 1.33. The molecule has 0 radical (unpaired) electrons. The summed E-state index contributed by atoms with van der Waals surface area (Å²) in [5, 5.41) is 20.4. The van der Waals surface area contributed by atoms with Crippen molar-refractivity contribution in [2.45, 2.75) is 25.4 Å². The number of rotatable bonds is 5. The van der Waals surface area contributed by atoms with E-state index in [1.54, 1.807) is 54.5 Å². The van der Waals surface area contributed by atoms with Gasteiger partial charge in [0.1, 0.15) is 23.1 Å². The summed E-state index contributed by atoms with van der Waals surface area (Å²) in [7, 11) is 1.56. The van der Waals surface area contributed by atoms with Crippen molar-refractivity contribution in [3.8, 4) is 22.6 Å².